The van der Waals surface area contributed by atoms with Crippen LogP contribution in [0.3, 0.4) is 0 Å². The van der Waals surface area contributed by atoms with Gasteiger partial charge in [0, 0.05) is 211 Å². The van der Waals surface area contributed by atoms with Crippen LogP contribution in [0.4, 0.5) is 0 Å². The maximum absolute atomic E-state index is 4.54. The molecule has 0 aliphatic carbocycles. The number of aryl methyl sites for hydroxylation is 15. The Morgan fingerprint density at radius 1 is 0.271 bits per heavy atom. The van der Waals surface area contributed by atoms with E-state index in [0.29, 0.717) is 0 Å². The predicted octanol–water partition coefficient (Wildman–Crippen LogP) is 9.79. The number of rotatable bonds is 0. The van der Waals surface area contributed by atoms with Crippen molar-refractivity contribution in [2.75, 3.05) is 0 Å². The van der Waals surface area contributed by atoms with E-state index in [0.717, 1.165) is 169 Å². The van der Waals surface area contributed by atoms with Crippen molar-refractivity contribution in [1.29, 1.82) is 0 Å². The number of imidazole rings is 5. The van der Waals surface area contributed by atoms with Gasteiger partial charge >= 0.3 is 0 Å². The molecule has 15 aromatic heterocycles. The zero-order chi connectivity index (χ0) is 56.4. The van der Waals surface area contributed by atoms with E-state index in [9.17, 15) is 0 Å². The van der Waals surface area contributed by atoms with Crippen LogP contribution in [0.5, 0.6) is 0 Å². The maximum atomic E-state index is 4.54. The first kappa shape index (κ1) is 69.6. The van der Waals surface area contributed by atoms with Gasteiger partial charge in [-0.2, -0.15) is 5.10 Å². The van der Waals surface area contributed by atoms with E-state index in [1.54, 1.807) is 37.2 Å². The molecule has 0 atom stereocenters. The van der Waals surface area contributed by atoms with Crippen molar-refractivity contribution >= 4 is 83.9 Å². The summed E-state index contributed by atoms with van der Waals surface area (Å²) in [5, 5.41) is 8.04. The van der Waals surface area contributed by atoms with Crippen LogP contribution in [-0.2, 0) is 164 Å². The molecule has 0 amide bonds. The zero-order valence-corrected chi connectivity index (χ0v) is 64.4. The van der Waals surface area contributed by atoms with Crippen LogP contribution >= 0.6 is 0 Å². The number of pyridine rings is 3. The molecule has 5 radical (unpaired) electrons. The van der Waals surface area contributed by atoms with Crippen LogP contribution in [0.15, 0.2) is 79.9 Å². The summed E-state index contributed by atoms with van der Waals surface area (Å²) < 4.78 is 10.4. The molecule has 415 valence electrons. The summed E-state index contributed by atoms with van der Waals surface area (Å²) >= 11 is 0. The molecule has 15 aromatic rings. The molecule has 15 rings (SSSR count). The van der Waals surface area contributed by atoms with Gasteiger partial charge in [0.1, 0.15) is 33.9 Å². The van der Waals surface area contributed by atoms with Crippen LogP contribution in [0.1, 0.15) is 85.4 Å². The topological polar surface area (TPSA) is 241 Å². The first-order valence-electron chi connectivity index (χ1n) is 26.0. The number of hydrogen-bond acceptors (Lipinski definition) is 17. The molecule has 0 N–H and O–H groups in total. The summed E-state index contributed by atoms with van der Waals surface area (Å²) in [4.78, 5) is 66.2. The molecule has 0 unspecified atom stereocenters. The summed E-state index contributed by atoms with van der Waals surface area (Å²) in [6, 6.07) is 11.6. The third-order valence-electron chi connectivity index (χ3n) is 14.5. The van der Waals surface area contributed by atoms with E-state index in [4.69, 9.17) is 0 Å². The average Bonchev–Trinajstić information content (AvgIpc) is 2.12. The molecule has 0 saturated carbocycles. The largest absolute Gasteiger partial charge is 0.293 e. The summed E-state index contributed by atoms with van der Waals surface area (Å²) in [6.45, 7) is 30.1. The van der Waals surface area contributed by atoms with Gasteiger partial charge in [-0.05, 0) is 140 Å². The van der Waals surface area contributed by atoms with Gasteiger partial charge in [-0.15, -0.1) is 5.10 Å². The van der Waals surface area contributed by atoms with Crippen molar-refractivity contribution in [1.82, 2.24) is 107 Å². The Kier molecular flexibility index (Phi) is 23.6. The number of nitrogens with zero attached hydrogens (tertiary/aromatic N) is 22. The molecule has 22 nitrogen and oxygen atoms in total. The fourth-order valence-electron chi connectivity index (χ4n) is 9.83. The smallest absolute Gasteiger partial charge is 0.187 e. The number of aromatic nitrogens is 22. The van der Waals surface area contributed by atoms with Gasteiger partial charge in [-0.1, -0.05) is 0 Å². The molecular weight excluding hydrogens is 1450 g/mol. The molecule has 15 heterocycles. The van der Waals surface area contributed by atoms with Gasteiger partial charge < -0.3 is 0 Å². The SMILES string of the molecule is Cc1nc2c(C)nc3cccnc3n2c1C.Cc1nc2c(C)nc3cccnc3n2c1C.Cc1nc2c(C)nc3ccnnc3n2c1C.Cc1nc2c(C)nc3cnccc3n2c1C.Cc1nc2c(C)nc3cncnc3n2c1C.[Y].[Y].[Y].[Y].[Y]. The van der Waals surface area contributed by atoms with Gasteiger partial charge in [0.05, 0.1) is 81.0 Å². The van der Waals surface area contributed by atoms with Crippen molar-refractivity contribution in [2.45, 2.75) is 104 Å². The van der Waals surface area contributed by atoms with E-state index >= 15 is 0 Å². The molecule has 0 spiro atoms. The Hall–Kier alpha value is -4.47. The van der Waals surface area contributed by atoms with Gasteiger partial charge in [0.25, 0.3) is 0 Å². The summed E-state index contributed by atoms with van der Waals surface area (Å²) in [7, 11) is 0. The fourth-order valence-corrected chi connectivity index (χ4v) is 9.83. The first-order valence-corrected chi connectivity index (χ1v) is 26.0. The summed E-state index contributed by atoms with van der Waals surface area (Å²) in [5.74, 6) is 0. The minimum Gasteiger partial charge on any atom is -0.293 e. The van der Waals surface area contributed by atoms with Crippen LogP contribution in [0, 0.1) is 104 Å². The maximum Gasteiger partial charge on any atom is 0.187 e. The Morgan fingerprint density at radius 3 is 1.05 bits per heavy atom. The minimum absolute atomic E-state index is 0. The monoisotopic (exact) mass is 1510 g/mol. The standard InChI is InChI=1S/3C12H12N4.2C11H11N5.5Y/c1-7-9(3)16-11-4-5-13-6-10(11)14-8(2)12(16)15-7;2*1-7-9(3)16-11(15-7)8(2)14-10-5-4-6-13-12(10)16;1-6-8(3)16-10(15-6)7(2)14-9-4-12-5-13-11(9)16;1-6-8(3)16-10(14-6)7(2)13-9-4-5-12-15-11(9)16;;;;;/h3*4-6H,1-3H3;2*4-5H,1-3H3;;;;;. The van der Waals surface area contributed by atoms with Crippen molar-refractivity contribution in [2.24, 2.45) is 0 Å². The Bertz CT molecular complexity index is 4230. The van der Waals surface area contributed by atoms with Crippen molar-refractivity contribution in [3.05, 3.63) is 165 Å². The first-order chi connectivity index (χ1) is 38.4. The molecule has 0 aromatic carbocycles. The molecule has 0 saturated heterocycles. The second-order valence-electron chi connectivity index (χ2n) is 19.7. The molecule has 27 heteroatoms. The fraction of sp³-hybridized carbons (Fsp3) is 0.259. The number of hydrogen-bond donors (Lipinski definition) is 0. The predicted molar refractivity (Wildman–Crippen MR) is 308 cm³/mol. The van der Waals surface area contributed by atoms with Crippen molar-refractivity contribution in [3.8, 4) is 0 Å². The molecule has 0 aliphatic rings. The van der Waals surface area contributed by atoms with E-state index < -0.39 is 0 Å². The van der Waals surface area contributed by atoms with Gasteiger partial charge in [-0.25, -0.2) is 69.8 Å². The van der Waals surface area contributed by atoms with E-state index in [-0.39, 0.29) is 164 Å². The normalized spacial score (nSPS) is 10.8. The van der Waals surface area contributed by atoms with Gasteiger partial charge in [-0.3, -0.25) is 27.0 Å². The van der Waals surface area contributed by atoms with E-state index in [1.165, 1.54) is 6.33 Å². The molecule has 0 fully saturated rings. The van der Waals surface area contributed by atoms with Gasteiger partial charge in [0.15, 0.2) is 50.8 Å². The minimum atomic E-state index is 0. The zero-order valence-electron chi connectivity index (χ0n) is 50.2. The van der Waals surface area contributed by atoms with E-state index in [2.05, 4.69) is 119 Å². The van der Waals surface area contributed by atoms with Crippen LogP contribution in [-0.4, -0.2) is 107 Å². The third kappa shape index (κ3) is 13.2. The molecule has 0 bridgehead atoms. The van der Waals surface area contributed by atoms with Crippen molar-refractivity contribution in [3.63, 3.8) is 0 Å². The molecule has 85 heavy (non-hydrogen) atoms. The third-order valence-corrected chi connectivity index (χ3v) is 14.5. The van der Waals surface area contributed by atoms with E-state index in [1.807, 2.05) is 128 Å². The van der Waals surface area contributed by atoms with Crippen molar-refractivity contribution < 1.29 is 164 Å². The number of fused-ring (bicyclic) bond motifs is 15. The van der Waals surface area contributed by atoms with Gasteiger partial charge in [0.2, 0.25) is 0 Å². The Morgan fingerprint density at radius 2 is 0.612 bits per heavy atom. The average molecular weight is 1510 g/mol. The second kappa shape index (κ2) is 28.8. The van der Waals surface area contributed by atoms with Crippen LogP contribution in [0.2, 0.25) is 0 Å². The quantitative estimate of drug-likeness (QED) is 0.137. The summed E-state index contributed by atoms with van der Waals surface area (Å²) in [6.07, 6.45) is 12.1. The molecule has 0 aliphatic heterocycles. The van der Waals surface area contributed by atoms with Crippen LogP contribution < -0.4 is 0 Å². The van der Waals surface area contributed by atoms with Crippen LogP contribution in [0.25, 0.3) is 83.9 Å². The Labute approximate surface area is 615 Å². The Balaban J connectivity index is 0.000000168. The second-order valence-corrected chi connectivity index (χ2v) is 19.7. The summed E-state index contributed by atoms with van der Waals surface area (Å²) in [5.41, 5.74) is 28.6. The molecular formula is C58H58N22Y5.